The fourth-order valence-corrected chi connectivity index (χ4v) is 4.93. The summed E-state index contributed by atoms with van der Waals surface area (Å²) in [6, 6.07) is 6.97. The molecule has 0 aromatic heterocycles. The van der Waals surface area contributed by atoms with Gasteiger partial charge in [0, 0.05) is 12.5 Å². The highest BCUT2D eigenvalue weighted by atomic mass is 28.4. The maximum Gasteiger partial charge on any atom is 0.311 e. The Morgan fingerprint density at radius 2 is 1.54 bits per heavy atom. The monoisotopic (exact) mass is 568 g/mol. The first-order valence-electron chi connectivity index (χ1n) is 13.6. The second-order valence-corrected chi connectivity index (χ2v) is 17.6. The first kappa shape index (κ1) is 34.9. The molecule has 222 valence electrons. The van der Waals surface area contributed by atoms with Crippen LogP contribution in [0.2, 0.25) is 18.1 Å². The molecule has 1 rings (SSSR count). The summed E-state index contributed by atoms with van der Waals surface area (Å²) in [5.41, 5.74) is -0.0320. The number of carbonyl (C=O) groups excluding carboxylic acids is 3. The summed E-state index contributed by atoms with van der Waals surface area (Å²) in [7, 11) is -0.529. The van der Waals surface area contributed by atoms with Crippen molar-refractivity contribution in [1.82, 2.24) is 0 Å². The number of benzene rings is 1. The lowest BCUT2D eigenvalue weighted by Crippen LogP contribution is -2.45. The first-order valence-corrected chi connectivity index (χ1v) is 16.5. The van der Waals surface area contributed by atoms with Crippen LogP contribution in [0.3, 0.4) is 0 Å². The quantitative estimate of drug-likeness (QED) is 0.136. The van der Waals surface area contributed by atoms with Gasteiger partial charge in [0.1, 0.15) is 11.9 Å². The van der Waals surface area contributed by atoms with Crippen LogP contribution in [0.15, 0.2) is 24.3 Å². The maximum absolute atomic E-state index is 15.7. The summed E-state index contributed by atoms with van der Waals surface area (Å²) in [6.45, 7) is 19.3. The van der Waals surface area contributed by atoms with Gasteiger partial charge in [0.2, 0.25) is 11.6 Å². The minimum Gasteiger partial charge on any atom is -0.497 e. The molecule has 7 nitrogen and oxygen atoms in total. The van der Waals surface area contributed by atoms with Gasteiger partial charge < -0.3 is 18.6 Å². The van der Waals surface area contributed by atoms with Gasteiger partial charge in [0.05, 0.1) is 25.7 Å². The van der Waals surface area contributed by atoms with E-state index in [9.17, 15) is 14.4 Å². The molecule has 0 bridgehead atoms. The zero-order chi connectivity index (χ0) is 30.2. The van der Waals surface area contributed by atoms with Gasteiger partial charge in [-0.25, -0.2) is 4.39 Å². The third-order valence-electron chi connectivity index (χ3n) is 7.31. The highest BCUT2D eigenvalue weighted by Gasteiger charge is 2.40. The van der Waals surface area contributed by atoms with Gasteiger partial charge in [-0.3, -0.25) is 14.4 Å². The smallest absolute Gasteiger partial charge is 0.311 e. The second-order valence-electron chi connectivity index (χ2n) is 12.8. The predicted molar refractivity (Wildman–Crippen MR) is 153 cm³/mol. The van der Waals surface area contributed by atoms with Crippen LogP contribution >= 0.6 is 0 Å². The molecule has 39 heavy (non-hydrogen) atoms. The van der Waals surface area contributed by atoms with Crippen LogP contribution in [-0.4, -0.2) is 57.9 Å². The Morgan fingerprint density at radius 3 is 2.03 bits per heavy atom. The molecule has 1 aromatic carbocycles. The lowest BCUT2D eigenvalue weighted by atomic mass is 9.94. The molecular weight excluding hydrogens is 519 g/mol. The van der Waals surface area contributed by atoms with E-state index in [1.807, 2.05) is 13.8 Å². The standard InChI is InChI=1S/C30H49FO7Si/c1-20(21(2)38-39(10,11)30(6,7)8)18-24(31)27(37-19-22-12-14-23(35-9)15-13-22)26(33)25(32)16-17-36-28(34)29(3,4)5/h12-15,20-21,24,27H,16-19H2,1-11H3/t20-,21-,24?,27?/m1/s1. The Hall–Kier alpha value is -2.10. The van der Waals surface area contributed by atoms with Crippen molar-refractivity contribution in [3.8, 4) is 5.75 Å². The Labute approximate surface area is 235 Å². The Balaban J connectivity index is 2.98. The first-order chi connectivity index (χ1) is 17.8. The van der Waals surface area contributed by atoms with Gasteiger partial charge in [-0.05, 0) is 75.9 Å². The molecule has 0 heterocycles. The van der Waals surface area contributed by atoms with Crippen LogP contribution in [-0.2, 0) is 34.9 Å². The number of halogens is 1. The fraction of sp³-hybridized carbons (Fsp3) is 0.700. The Morgan fingerprint density at radius 1 is 0.974 bits per heavy atom. The normalized spacial score (nSPS) is 15.7. The third kappa shape index (κ3) is 11.1. The van der Waals surface area contributed by atoms with Crippen LogP contribution in [0.4, 0.5) is 4.39 Å². The predicted octanol–water partition coefficient (Wildman–Crippen LogP) is 6.47. The molecule has 0 N–H and O–H groups in total. The molecule has 0 aliphatic carbocycles. The lowest BCUT2D eigenvalue weighted by molar-refractivity contribution is -0.155. The lowest BCUT2D eigenvalue weighted by Gasteiger charge is -2.40. The Kier molecular flexibility index (Phi) is 13.0. The molecule has 0 aliphatic rings. The van der Waals surface area contributed by atoms with Crippen molar-refractivity contribution in [3.63, 3.8) is 0 Å². The molecule has 0 amide bonds. The van der Waals surface area contributed by atoms with E-state index >= 15 is 4.39 Å². The SMILES string of the molecule is COc1ccc(COC(C(=O)C(=O)CCOC(=O)C(C)(C)C)C(F)C[C@@H](C)[C@@H](C)O[Si](C)(C)C(C)(C)C)cc1. The molecule has 2 unspecified atom stereocenters. The topological polar surface area (TPSA) is 88.1 Å². The molecule has 1 aromatic rings. The van der Waals surface area contributed by atoms with Gasteiger partial charge in [-0.2, -0.15) is 0 Å². The molecule has 0 spiro atoms. The summed E-state index contributed by atoms with van der Waals surface area (Å²) >= 11 is 0. The van der Waals surface area contributed by atoms with Crippen molar-refractivity contribution >= 4 is 25.9 Å². The zero-order valence-corrected chi connectivity index (χ0v) is 26.7. The average molecular weight is 569 g/mol. The maximum atomic E-state index is 15.7. The summed E-state index contributed by atoms with van der Waals surface area (Å²) < 4.78 is 38.2. The number of hydrogen-bond acceptors (Lipinski definition) is 7. The van der Waals surface area contributed by atoms with E-state index < -0.39 is 43.5 Å². The number of ether oxygens (including phenoxy) is 3. The van der Waals surface area contributed by atoms with Crippen molar-refractivity contribution in [2.45, 2.75) is 111 Å². The number of ketones is 2. The van der Waals surface area contributed by atoms with Gasteiger partial charge in [0.25, 0.3) is 0 Å². The van der Waals surface area contributed by atoms with Crippen LogP contribution < -0.4 is 4.74 Å². The molecule has 4 atom stereocenters. The van der Waals surface area contributed by atoms with Crippen LogP contribution in [0.25, 0.3) is 0 Å². The molecule has 0 saturated heterocycles. The summed E-state index contributed by atoms with van der Waals surface area (Å²) in [5.74, 6) is -1.86. The third-order valence-corrected chi connectivity index (χ3v) is 11.9. The molecule has 9 heteroatoms. The minimum atomic E-state index is -2.08. The van der Waals surface area contributed by atoms with E-state index in [2.05, 4.69) is 33.9 Å². The van der Waals surface area contributed by atoms with Crippen molar-refractivity contribution in [1.29, 1.82) is 0 Å². The van der Waals surface area contributed by atoms with Gasteiger partial charge in [0.15, 0.2) is 14.4 Å². The summed E-state index contributed by atoms with van der Waals surface area (Å²) in [4.78, 5) is 37.8. The van der Waals surface area contributed by atoms with Crippen LogP contribution in [0.5, 0.6) is 5.75 Å². The van der Waals surface area contributed by atoms with Crippen LogP contribution in [0.1, 0.15) is 73.8 Å². The summed E-state index contributed by atoms with van der Waals surface area (Å²) in [5, 5.41) is -0.00106. The van der Waals surface area contributed by atoms with Gasteiger partial charge >= 0.3 is 5.97 Å². The molecule has 0 saturated carbocycles. The van der Waals surface area contributed by atoms with Gasteiger partial charge in [-0.15, -0.1) is 0 Å². The van der Waals surface area contributed by atoms with E-state index in [0.29, 0.717) is 11.3 Å². The van der Waals surface area contributed by atoms with E-state index in [1.165, 1.54) is 0 Å². The molecule has 0 aliphatic heterocycles. The number of Topliss-reactive ketones (excluding diaryl/α,β-unsaturated/α-hetero) is 2. The number of methoxy groups -OCH3 is 1. The number of rotatable bonds is 15. The van der Waals surface area contributed by atoms with Crippen molar-refractivity contribution in [3.05, 3.63) is 29.8 Å². The number of esters is 1. The molecule has 0 radical (unpaired) electrons. The average Bonchev–Trinajstić information content (AvgIpc) is 2.82. The largest absolute Gasteiger partial charge is 0.497 e. The van der Waals surface area contributed by atoms with Crippen molar-refractivity contribution in [2.75, 3.05) is 13.7 Å². The van der Waals surface area contributed by atoms with E-state index in [-0.39, 0.29) is 43.1 Å². The number of carbonyl (C=O) groups is 3. The number of hydrogen-bond donors (Lipinski definition) is 0. The van der Waals surface area contributed by atoms with E-state index in [4.69, 9.17) is 18.6 Å². The molecular formula is C30H49FO7Si. The van der Waals surface area contributed by atoms with Crippen LogP contribution in [0, 0.1) is 11.3 Å². The van der Waals surface area contributed by atoms with E-state index in [1.54, 1.807) is 52.1 Å². The zero-order valence-electron chi connectivity index (χ0n) is 25.7. The number of alkyl halides is 1. The summed E-state index contributed by atoms with van der Waals surface area (Å²) in [6.07, 6.45) is -3.90. The second kappa shape index (κ2) is 14.5. The molecule has 0 fully saturated rings. The Bertz CT molecular complexity index is 948. The van der Waals surface area contributed by atoms with Crippen molar-refractivity contribution < 1.29 is 37.4 Å². The fourth-order valence-electron chi connectivity index (χ4n) is 3.41. The van der Waals surface area contributed by atoms with Crippen molar-refractivity contribution in [2.24, 2.45) is 11.3 Å². The minimum absolute atomic E-state index is 0.00106. The van der Waals surface area contributed by atoms with Gasteiger partial charge in [-0.1, -0.05) is 39.8 Å². The highest BCUT2D eigenvalue weighted by Crippen LogP contribution is 2.38. The van der Waals surface area contributed by atoms with E-state index in [0.717, 1.165) is 0 Å². The highest BCUT2D eigenvalue weighted by molar-refractivity contribution is 6.74.